The molecule has 20 heavy (non-hydrogen) atoms. The lowest BCUT2D eigenvalue weighted by molar-refractivity contribution is 0.348. The molecule has 1 saturated carbocycles. The van der Waals surface area contributed by atoms with Crippen LogP contribution in [0.4, 0.5) is 0 Å². The molecule has 1 aliphatic rings. The van der Waals surface area contributed by atoms with Gasteiger partial charge in [-0.3, -0.25) is 0 Å². The zero-order valence-corrected chi connectivity index (χ0v) is 13.3. The van der Waals surface area contributed by atoms with Crippen molar-refractivity contribution in [3.8, 4) is 0 Å². The average Bonchev–Trinajstić information content (AvgIpc) is 2.48. The van der Waals surface area contributed by atoms with E-state index in [4.69, 9.17) is 0 Å². The second kappa shape index (κ2) is 7.91. The maximum atomic E-state index is 11.2. The standard InChI is InChI=1S/C16H26N2OS/c1-13-3-7-15(8-4-13)16-9-5-14(6-10-16)11-12-18-20(19)17-2/h5-6,9-10,13,15,17-18H,3-4,7-8,11-12H2,1-2H3. The van der Waals surface area contributed by atoms with E-state index < -0.39 is 11.2 Å². The number of hydrogen-bond donors (Lipinski definition) is 2. The highest BCUT2D eigenvalue weighted by Crippen LogP contribution is 2.35. The SMILES string of the molecule is CNS(=O)NCCc1ccc(C2CCC(C)CC2)cc1. The molecule has 0 aliphatic heterocycles. The lowest BCUT2D eigenvalue weighted by Crippen LogP contribution is -2.28. The van der Waals surface area contributed by atoms with Crippen LogP contribution in [0.1, 0.15) is 49.7 Å². The van der Waals surface area contributed by atoms with Gasteiger partial charge in [0.25, 0.3) is 0 Å². The molecule has 3 nitrogen and oxygen atoms in total. The summed E-state index contributed by atoms with van der Waals surface area (Å²) in [5, 5.41) is 0. The Balaban J connectivity index is 1.82. The quantitative estimate of drug-likeness (QED) is 0.832. The van der Waals surface area contributed by atoms with E-state index in [1.165, 1.54) is 36.8 Å². The van der Waals surface area contributed by atoms with Crippen LogP contribution in [0.2, 0.25) is 0 Å². The summed E-state index contributed by atoms with van der Waals surface area (Å²) in [5.74, 6) is 1.67. The predicted octanol–water partition coefficient (Wildman–Crippen LogP) is 2.91. The van der Waals surface area contributed by atoms with Crippen LogP contribution in [0.25, 0.3) is 0 Å². The molecule has 0 spiro atoms. The fourth-order valence-electron chi connectivity index (χ4n) is 2.91. The lowest BCUT2D eigenvalue weighted by atomic mass is 9.79. The fraction of sp³-hybridized carbons (Fsp3) is 0.625. The Morgan fingerprint density at radius 2 is 1.80 bits per heavy atom. The van der Waals surface area contributed by atoms with E-state index in [0.717, 1.165) is 24.8 Å². The molecule has 1 fully saturated rings. The molecule has 1 atom stereocenters. The van der Waals surface area contributed by atoms with Crippen molar-refractivity contribution in [2.75, 3.05) is 13.6 Å². The van der Waals surface area contributed by atoms with Crippen molar-refractivity contribution in [2.24, 2.45) is 5.92 Å². The van der Waals surface area contributed by atoms with Crippen molar-refractivity contribution >= 4 is 11.2 Å². The second-order valence-corrected chi connectivity index (χ2v) is 7.05. The summed E-state index contributed by atoms with van der Waals surface area (Å²) in [6.07, 6.45) is 6.32. The summed E-state index contributed by atoms with van der Waals surface area (Å²) in [6.45, 7) is 3.09. The van der Waals surface area contributed by atoms with E-state index in [-0.39, 0.29) is 0 Å². The Bertz CT molecular complexity index is 425. The largest absolute Gasteiger partial charge is 0.228 e. The van der Waals surface area contributed by atoms with Crippen molar-refractivity contribution in [2.45, 2.75) is 44.9 Å². The number of nitrogens with one attached hydrogen (secondary N) is 2. The normalized spacial score (nSPS) is 24.5. The Morgan fingerprint density at radius 3 is 2.40 bits per heavy atom. The third-order valence-corrected chi connectivity index (χ3v) is 5.14. The van der Waals surface area contributed by atoms with Crippen molar-refractivity contribution in [1.82, 2.24) is 9.44 Å². The van der Waals surface area contributed by atoms with Gasteiger partial charge in [-0.25, -0.2) is 13.7 Å². The van der Waals surface area contributed by atoms with Crippen LogP contribution in [0, 0.1) is 5.92 Å². The molecular formula is C16H26N2OS. The van der Waals surface area contributed by atoms with E-state index in [9.17, 15) is 4.21 Å². The zero-order chi connectivity index (χ0) is 14.4. The first-order valence-corrected chi connectivity index (χ1v) is 8.75. The first kappa shape index (κ1) is 15.7. The average molecular weight is 294 g/mol. The molecule has 1 aliphatic carbocycles. The number of benzene rings is 1. The minimum atomic E-state index is -1.11. The van der Waals surface area contributed by atoms with E-state index in [0.29, 0.717) is 0 Å². The van der Waals surface area contributed by atoms with Crippen LogP contribution in [-0.4, -0.2) is 17.8 Å². The summed E-state index contributed by atoms with van der Waals surface area (Å²) >= 11 is -1.11. The Labute approximate surface area is 125 Å². The minimum Gasteiger partial charge on any atom is -0.228 e. The summed E-state index contributed by atoms with van der Waals surface area (Å²) < 4.78 is 16.8. The first-order valence-electron chi connectivity index (χ1n) is 7.60. The molecule has 0 aromatic heterocycles. The molecule has 112 valence electrons. The molecule has 0 radical (unpaired) electrons. The predicted molar refractivity (Wildman–Crippen MR) is 85.7 cm³/mol. The lowest BCUT2D eigenvalue weighted by Gasteiger charge is -2.26. The van der Waals surface area contributed by atoms with Crippen LogP contribution < -0.4 is 9.44 Å². The Hall–Kier alpha value is -0.710. The van der Waals surface area contributed by atoms with Gasteiger partial charge in [0.15, 0.2) is 11.2 Å². The van der Waals surface area contributed by atoms with Gasteiger partial charge in [0.05, 0.1) is 0 Å². The third kappa shape index (κ3) is 4.69. The van der Waals surface area contributed by atoms with Crippen LogP contribution >= 0.6 is 0 Å². The molecule has 2 N–H and O–H groups in total. The van der Waals surface area contributed by atoms with Crippen molar-refractivity contribution in [1.29, 1.82) is 0 Å². The highest BCUT2D eigenvalue weighted by atomic mass is 32.2. The molecule has 1 unspecified atom stereocenters. The van der Waals surface area contributed by atoms with Crippen LogP contribution in [0.15, 0.2) is 24.3 Å². The summed E-state index contributed by atoms with van der Waals surface area (Å²) in [6, 6.07) is 9.00. The first-order chi connectivity index (χ1) is 9.69. The van der Waals surface area contributed by atoms with Gasteiger partial charge in [-0.2, -0.15) is 0 Å². The highest BCUT2D eigenvalue weighted by molar-refractivity contribution is 7.80. The van der Waals surface area contributed by atoms with Crippen molar-refractivity contribution in [3.63, 3.8) is 0 Å². The maximum Gasteiger partial charge on any atom is 0.166 e. The summed E-state index contributed by atoms with van der Waals surface area (Å²) in [7, 11) is 1.68. The topological polar surface area (TPSA) is 41.1 Å². The van der Waals surface area contributed by atoms with Crippen LogP contribution in [0.5, 0.6) is 0 Å². The number of rotatable bonds is 6. The summed E-state index contributed by atoms with van der Waals surface area (Å²) in [4.78, 5) is 0. The van der Waals surface area contributed by atoms with Gasteiger partial charge >= 0.3 is 0 Å². The van der Waals surface area contributed by atoms with Gasteiger partial charge < -0.3 is 0 Å². The molecule has 0 bridgehead atoms. The molecule has 4 heteroatoms. The van der Waals surface area contributed by atoms with Crippen molar-refractivity contribution < 1.29 is 4.21 Å². The number of hydrogen-bond acceptors (Lipinski definition) is 1. The van der Waals surface area contributed by atoms with Gasteiger partial charge in [0, 0.05) is 6.54 Å². The van der Waals surface area contributed by atoms with E-state index in [2.05, 4.69) is 40.6 Å². The van der Waals surface area contributed by atoms with Crippen LogP contribution in [-0.2, 0) is 17.6 Å². The van der Waals surface area contributed by atoms with Gasteiger partial charge in [-0.1, -0.05) is 44.0 Å². The molecule has 0 amide bonds. The molecule has 0 saturated heterocycles. The second-order valence-electron chi connectivity index (χ2n) is 5.82. The van der Waals surface area contributed by atoms with E-state index >= 15 is 0 Å². The zero-order valence-electron chi connectivity index (χ0n) is 12.5. The Kier molecular flexibility index (Phi) is 6.20. The Morgan fingerprint density at radius 1 is 1.15 bits per heavy atom. The smallest absolute Gasteiger partial charge is 0.166 e. The molecule has 2 rings (SSSR count). The highest BCUT2D eigenvalue weighted by Gasteiger charge is 2.19. The maximum absolute atomic E-state index is 11.2. The summed E-state index contributed by atoms with van der Waals surface area (Å²) in [5.41, 5.74) is 2.80. The van der Waals surface area contributed by atoms with Crippen molar-refractivity contribution in [3.05, 3.63) is 35.4 Å². The van der Waals surface area contributed by atoms with Gasteiger partial charge in [-0.05, 0) is 49.3 Å². The van der Waals surface area contributed by atoms with E-state index in [1.807, 2.05) is 0 Å². The van der Waals surface area contributed by atoms with Gasteiger partial charge in [-0.15, -0.1) is 0 Å². The van der Waals surface area contributed by atoms with Gasteiger partial charge in [0.1, 0.15) is 0 Å². The molecule has 0 heterocycles. The minimum absolute atomic E-state index is 0.730. The fourth-order valence-corrected chi connectivity index (χ4v) is 3.34. The molecule has 1 aromatic rings. The van der Waals surface area contributed by atoms with Gasteiger partial charge in [0.2, 0.25) is 0 Å². The molecular weight excluding hydrogens is 268 g/mol. The van der Waals surface area contributed by atoms with Crippen LogP contribution in [0.3, 0.4) is 0 Å². The monoisotopic (exact) mass is 294 g/mol. The van der Waals surface area contributed by atoms with E-state index in [1.54, 1.807) is 7.05 Å². The third-order valence-electron chi connectivity index (χ3n) is 4.30. The molecule has 1 aromatic carbocycles.